The van der Waals surface area contributed by atoms with Gasteiger partial charge in [0.15, 0.2) is 0 Å². The molecule has 4 unspecified atom stereocenters. The summed E-state index contributed by atoms with van der Waals surface area (Å²) >= 11 is 0. The van der Waals surface area contributed by atoms with Crippen molar-refractivity contribution >= 4 is 0 Å². The Morgan fingerprint density at radius 3 is 2.64 bits per heavy atom. The molecule has 2 heteroatoms. The molecule has 1 aliphatic carbocycles. The highest BCUT2D eigenvalue weighted by Crippen LogP contribution is 2.60. The van der Waals surface area contributed by atoms with Crippen molar-refractivity contribution in [2.24, 2.45) is 5.92 Å². The Hall–Kier alpha value is -0.0800. The summed E-state index contributed by atoms with van der Waals surface area (Å²) in [5.41, 5.74) is 0.715. The summed E-state index contributed by atoms with van der Waals surface area (Å²) in [6.45, 7) is 2.66. The molecule has 0 N–H and O–H groups in total. The van der Waals surface area contributed by atoms with Gasteiger partial charge in [0, 0.05) is 24.7 Å². The number of likely N-dealkylation sites (N-methyl/N-ethyl adjacent to an activating group) is 2. The lowest BCUT2D eigenvalue weighted by Gasteiger charge is -2.43. The highest BCUT2D eigenvalue weighted by molar-refractivity contribution is 5.26. The van der Waals surface area contributed by atoms with Crippen molar-refractivity contribution in [1.29, 1.82) is 0 Å². The molecule has 2 heterocycles. The number of rotatable bonds is 0. The van der Waals surface area contributed by atoms with E-state index in [1.807, 2.05) is 0 Å². The van der Waals surface area contributed by atoms with Gasteiger partial charge in [-0.15, -0.1) is 0 Å². The molecule has 2 nitrogen and oxygen atoms in total. The van der Waals surface area contributed by atoms with Crippen LogP contribution in [-0.2, 0) is 0 Å². The molecule has 0 bridgehead atoms. The Bertz CT molecular complexity index is 194. The first-order chi connectivity index (χ1) is 5.25. The van der Waals surface area contributed by atoms with Crippen molar-refractivity contribution in [3.05, 3.63) is 0 Å². The van der Waals surface area contributed by atoms with Gasteiger partial charge >= 0.3 is 0 Å². The third-order valence-electron chi connectivity index (χ3n) is 4.25. The molecule has 0 aromatic heterocycles. The van der Waals surface area contributed by atoms with Crippen LogP contribution in [0.15, 0.2) is 0 Å². The molecule has 2 aliphatic heterocycles. The summed E-state index contributed by atoms with van der Waals surface area (Å²) in [7, 11) is 4.56. The van der Waals surface area contributed by atoms with Gasteiger partial charge in [-0.3, -0.25) is 4.90 Å². The van der Waals surface area contributed by atoms with Crippen molar-refractivity contribution in [1.82, 2.24) is 9.80 Å². The first-order valence-electron chi connectivity index (χ1n) is 4.66. The van der Waals surface area contributed by atoms with E-state index in [-0.39, 0.29) is 0 Å². The van der Waals surface area contributed by atoms with Gasteiger partial charge < -0.3 is 4.90 Å². The van der Waals surface area contributed by atoms with Crippen LogP contribution in [0.5, 0.6) is 0 Å². The number of hydrogen-bond donors (Lipinski definition) is 0. The second-order valence-electron chi connectivity index (χ2n) is 4.57. The predicted octanol–water partition coefficient (Wildman–Crippen LogP) is 0.395. The maximum absolute atomic E-state index is 2.60. The van der Waals surface area contributed by atoms with E-state index in [4.69, 9.17) is 0 Å². The van der Waals surface area contributed by atoms with Crippen LogP contribution in [0.3, 0.4) is 0 Å². The van der Waals surface area contributed by atoms with Crippen molar-refractivity contribution < 1.29 is 0 Å². The first kappa shape index (κ1) is 6.44. The Labute approximate surface area is 68.2 Å². The van der Waals surface area contributed by atoms with Gasteiger partial charge in [-0.05, 0) is 32.9 Å². The maximum atomic E-state index is 2.60. The molecule has 1 saturated carbocycles. The molecule has 1 spiro atoms. The summed E-state index contributed by atoms with van der Waals surface area (Å²) in [4.78, 5) is 5.10. The Balaban J connectivity index is 1.88. The molecular formula is C9H16N2. The molecule has 0 aromatic carbocycles. The van der Waals surface area contributed by atoms with Crippen LogP contribution >= 0.6 is 0 Å². The molecule has 2 saturated heterocycles. The lowest BCUT2D eigenvalue weighted by Crippen LogP contribution is -2.51. The van der Waals surface area contributed by atoms with E-state index in [0.29, 0.717) is 5.54 Å². The van der Waals surface area contributed by atoms with E-state index in [2.05, 4.69) is 23.9 Å². The molecule has 62 valence electrons. The van der Waals surface area contributed by atoms with Gasteiger partial charge in [0.05, 0.1) is 0 Å². The minimum atomic E-state index is 0.715. The molecule has 0 aromatic rings. The summed E-state index contributed by atoms with van der Waals surface area (Å²) in [5, 5.41) is 0. The molecule has 0 amide bonds. The van der Waals surface area contributed by atoms with Gasteiger partial charge in [-0.2, -0.15) is 0 Å². The average molecular weight is 152 g/mol. The van der Waals surface area contributed by atoms with Crippen LogP contribution < -0.4 is 0 Å². The zero-order valence-electron chi connectivity index (χ0n) is 7.38. The second-order valence-corrected chi connectivity index (χ2v) is 4.57. The van der Waals surface area contributed by atoms with Crippen LogP contribution in [0.4, 0.5) is 0 Å². The standard InChI is InChI=1S/C9H16N2/c1-10-5-7-3-4-9(7)8(6-10)11(9)2/h7-8H,3-6H2,1-2H3. The monoisotopic (exact) mass is 152 g/mol. The van der Waals surface area contributed by atoms with Crippen LogP contribution in [0, 0.1) is 5.92 Å². The summed E-state index contributed by atoms with van der Waals surface area (Å²) in [6, 6.07) is 0.917. The normalized spacial score (nSPS) is 61.1. The topological polar surface area (TPSA) is 6.25 Å². The van der Waals surface area contributed by atoms with Gasteiger partial charge in [0.1, 0.15) is 0 Å². The first-order valence-corrected chi connectivity index (χ1v) is 4.66. The van der Waals surface area contributed by atoms with E-state index in [9.17, 15) is 0 Å². The Kier molecular flexibility index (Phi) is 0.961. The van der Waals surface area contributed by atoms with Crippen molar-refractivity contribution in [3.63, 3.8) is 0 Å². The van der Waals surface area contributed by atoms with E-state index < -0.39 is 0 Å². The Morgan fingerprint density at radius 2 is 2.09 bits per heavy atom. The average Bonchev–Trinajstić information content (AvgIpc) is 2.51. The van der Waals surface area contributed by atoms with Crippen LogP contribution in [-0.4, -0.2) is 48.6 Å². The van der Waals surface area contributed by atoms with E-state index in [1.165, 1.54) is 25.9 Å². The zero-order chi connectivity index (χ0) is 7.64. The van der Waals surface area contributed by atoms with Gasteiger partial charge in [0.25, 0.3) is 0 Å². The predicted molar refractivity (Wildman–Crippen MR) is 44.5 cm³/mol. The fourth-order valence-corrected chi connectivity index (χ4v) is 3.39. The van der Waals surface area contributed by atoms with Crippen LogP contribution in [0.25, 0.3) is 0 Å². The van der Waals surface area contributed by atoms with Gasteiger partial charge in [-0.25, -0.2) is 0 Å². The summed E-state index contributed by atoms with van der Waals surface area (Å²) in [6.07, 6.45) is 2.96. The second kappa shape index (κ2) is 1.64. The van der Waals surface area contributed by atoms with E-state index >= 15 is 0 Å². The minimum Gasteiger partial charge on any atom is -0.304 e. The molecule has 11 heavy (non-hydrogen) atoms. The quantitative estimate of drug-likeness (QED) is 0.463. The maximum Gasteiger partial charge on any atom is 0.0418 e. The largest absolute Gasteiger partial charge is 0.304 e. The highest BCUT2D eigenvalue weighted by atomic mass is 15.4. The summed E-state index contributed by atoms with van der Waals surface area (Å²) < 4.78 is 0. The molecule has 3 rings (SSSR count). The third-order valence-corrected chi connectivity index (χ3v) is 4.25. The van der Waals surface area contributed by atoms with E-state index in [1.54, 1.807) is 0 Å². The molecule has 0 radical (unpaired) electrons. The third kappa shape index (κ3) is 0.541. The van der Waals surface area contributed by atoms with Crippen LogP contribution in [0.2, 0.25) is 0 Å². The van der Waals surface area contributed by atoms with E-state index in [0.717, 1.165) is 12.0 Å². The lowest BCUT2D eigenvalue weighted by molar-refractivity contribution is 0.100. The minimum absolute atomic E-state index is 0.715. The smallest absolute Gasteiger partial charge is 0.0418 e. The van der Waals surface area contributed by atoms with Gasteiger partial charge in [0.2, 0.25) is 0 Å². The molecule has 3 fully saturated rings. The summed E-state index contributed by atoms with van der Waals surface area (Å²) in [5.74, 6) is 1.01. The van der Waals surface area contributed by atoms with Gasteiger partial charge in [-0.1, -0.05) is 0 Å². The number of likely N-dealkylation sites (tertiary alicyclic amines) is 1. The fourth-order valence-electron chi connectivity index (χ4n) is 3.39. The van der Waals surface area contributed by atoms with Crippen LogP contribution in [0.1, 0.15) is 12.8 Å². The zero-order valence-corrected chi connectivity index (χ0v) is 7.38. The SMILES string of the molecule is CN1CC2CCC23C(C1)N3C. The number of hydrogen-bond acceptors (Lipinski definition) is 2. The number of piperidine rings is 1. The molecule has 3 aliphatic rings. The van der Waals surface area contributed by atoms with Crippen molar-refractivity contribution in [2.75, 3.05) is 27.2 Å². The number of nitrogens with zero attached hydrogens (tertiary/aromatic N) is 2. The molecule has 4 atom stereocenters. The highest BCUT2D eigenvalue weighted by Gasteiger charge is 2.70. The molecular weight excluding hydrogens is 136 g/mol. The fraction of sp³-hybridized carbons (Fsp3) is 1.00. The van der Waals surface area contributed by atoms with Crippen molar-refractivity contribution in [3.8, 4) is 0 Å². The Morgan fingerprint density at radius 1 is 1.27 bits per heavy atom. The lowest BCUT2D eigenvalue weighted by atomic mass is 9.68. The van der Waals surface area contributed by atoms with Crippen molar-refractivity contribution in [2.45, 2.75) is 24.4 Å².